The van der Waals surface area contributed by atoms with E-state index in [0.29, 0.717) is 0 Å². The van der Waals surface area contributed by atoms with Gasteiger partial charge in [-0.1, -0.05) is 24.3 Å². The van der Waals surface area contributed by atoms with E-state index in [4.69, 9.17) is 13.9 Å². The summed E-state index contributed by atoms with van der Waals surface area (Å²) >= 11 is 1.87. The summed E-state index contributed by atoms with van der Waals surface area (Å²) in [5.74, 6) is 3.60. The summed E-state index contributed by atoms with van der Waals surface area (Å²) in [6.45, 7) is 0.970. The van der Waals surface area contributed by atoms with Crippen molar-refractivity contribution in [3.63, 3.8) is 0 Å². The van der Waals surface area contributed by atoms with Crippen LogP contribution in [0.4, 0.5) is 0 Å². The number of ether oxygens (including phenoxy) is 2. The van der Waals surface area contributed by atoms with Crippen LogP contribution in [0.25, 0.3) is 11.0 Å². The highest BCUT2D eigenvalue weighted by Gasteiger charge is 2.22. The van der Waals surface area contributed by atoms with E-state index in [0.717, 1.165) is 54.4 Å². The summed E-state index contributed by atoms with van der Waals surface area (Å²) in [6, 6.07) is 23.8. The molecule has 0 saturated carbocycles. The molecule has 0 fully saturated rings. The number of hydrogen-bond donors (Lipinski definition) is 1. The quantitative estimate of drug-likeness (QED) is 0.317. The number of nitrogens with one attached hydrogen (secondary N) is 1. The number of thioether (sulfide) groups is 1. The van der Waals surface area contributed by atoms with Crippen LogP contribution in [0.3, 0.4) is 0 Å². The van der Waals surface area contributed by atoms with Crippen LogP contribution in [-0.2, 0) is 19.3 Å². The third-order valence-electron chi connectivity index (χ3n) is 6.24. The van der Waals surface area contributed by atoms with Crippen LogP contribution < -0.4 is 14.8 Å². The lowest BCUT2D eigenvalue weighted by Gasteiger charge is -2.27. The summed E-state index contributed by atoms with van der Waals surface area (Å²) in [5.41, 5.74) is 4.98. The van der Waals surface area contributed by atoms with Crippen LogP contribution in [-0.4, -0.2) is 26.5 Å². The molecule has 0 bridgehead atoms. The molecule has 33 heavy (non-hydrogen) atoms. The highest BCUT2D eigenvalue weighted by atomic mass is 32.2. The Balaban J connectivity index is 1.33. The fourth-order valence-corrected chi connectivity index (χ4v) is 5.46. The first-order valence-corrected chi connectivity index (χ1v) is 12.4. The molecule has 0 saturated heterocycles. The maximum absolute atomic E-state index is 6.22. The second-order valence-corrected chi connectivity index (χ2v) is 9.53. The Morgan fingerprint density at radius 1 is 0.970 bits per heavy atom. The average molecular weight is 460 g/mol. The summed E-state index contributed by atoms with van der Waals surface area (Å²) in [6.07, 6.45) is 2.84. The van der Waals surface area contributed by atoms with Gasteiger partial charge in [0.05, 0.1) is 14.2 Å². The van der Waals surface area contributed by atoms with Crippen molar-refractivity contribution in [3.8, 4) is 11.5 Å². The third kappa shape index (κ3) is 4.90. The molecule has 0 unspecified atom stereocenters. The molecule has 4 nitrogen and oxygen atoms in total. The minimum absolute atomic E-state index is 0.267. The van der Waals surface area contributed by atoms with Crippen molar-refractivity contribution in [2.75, 3.05) is 26.5 Å². The number of aryl methyl sites for hydroxylation is 1. The predicted octanol–water partition coefficient (Wildman–Crippen LogP) is 6.21. The molecule has 0 amide bonds. The zero-order valence-electron chi connectivity index (χ0n) is 19.1. The Morgan fingerprint density at radius 2 is 1.82 bits per heavy atom. The van der Waals surface area contributed by atoms with Gasteiger partial charge in [-0.25, -0.2) is 0 Å². The Morgan fingerprint density at radius 3 is 2.64 bits per heavy atom. The molecule has 1 aliphatic heterocycles. The van der Waals surface area contributed by atoms with Gasteiger partial charge in [0.15, 0.2) is 11.5 Å². The molecule has 3 aromatic carbocycles. The predicted molar refractivity (Wildman–Crippen MR) is 135 cm³/mol. The lowest BCUT2D eigenvalue weighted by molar-refractivity contribution is 0.354. The second-order valence-electron chi connectivity index (χ2n) is 8.36. The van der Waals surface area contributed by atoms with Gasteiger partial charge in [-0.05, 0) is 78.5 Å². The van der Waals surface area contributed by atoms with E-state index in [2.05, 4.69) is 66.0 Å². The van der Waals surface area contributed by atoms with Gasteiger partial charge in [-0.2, -0.15) is 0 Å². The smallest absolute Gasteiger partial charge is 0.160 e. The Kier molecular flexibility index (Phi) is 6.60. The molecule has 1 N–H and O–H groups in total. The van der Waals surface area contributed by atoms with E-state index in [-0.39, 0.29) is 6.04 Å². The molecule has 0 spiro atoms. The van der Waals surface area contributed by atoms with E-state index in [1.54, 1.807) is 14.2 Å². The molecule has 5 heteroatoms. The molecule has 0 radical (unpaired) electrons. The Labute approximate surface area is 199 Å². The molecule has 5 rings (SSSR count). The third-order valence-corrected chi connectivity index (χ3v) is 7.25. The molecule has 4 aromatic rings. The monoisotopic (exact) mass is 459 g/mol. The first kappa shape index (κ1) is 21.9. The maximum Gasteiger partial charge on any atom is 0.160 e. The van der Waals surface area contributed by atoms with Gasteiger partial charge in [0.1, 0.15) is 11.3 Å². The standard InChI is InChI=1S/C28H29NO3S/c1-30-26-9-8-19(15-28(26)31-2)14-25-24-17-21-16-22(11-13-33-23-6-4-3-5-7-23)32-27(21)18-20(24)10-12-29-25/h3-9,15-18,25,29H,10-14H2,1-2H3/t25-/m1/s1. The number of hydrogen-bond acceptors (Lipinski definition) is 5. The van der Waals surface area contributed by atoms with Crippen molar-refractivity contribution < 1.29 is 13.9 Å². The van der Waals surface area contributed by atoms with E-state index in [1.807, 2.05) is 17.8 Å². The normalized spacial score (nSPS) is 15.4. The Bertz CT molecular complexity index is 1230. The molecule has 2 heterocycles. The van der Waals surface area contributed by atoms with Crippen molar-refractivity contribution in [2.45, 2.75) is 30.2 Å². The second kappa shape index (κ2) is 9.94. The van der Waals surface area contributed by atoms with E-state index >= 15 is 0 Å². The van der Waals surface area contributed by atoms with Gasteiger partial charge in [-0.15, -0.1) is 11.8 Å². The largest absolute Gasteiger partial charge is 0.493 e. The lowest BCUT2D eigenvalue weighted by atomic mass is 9.89. The number of benzene rings is 3. The molecule has 1 atom stereocenters. The zero-order chi connectivity index (χ0) is 22.6. The van der Waals surface area contributed by atoms with Crippen LogP contribution in [0.15, 0.2) is 76.0 Å². The van der Waals surface area contributed by atoms with Crippen molar-refractivity contribution in [3.05, 3.63) is 89.2 Å². The highest BCUT2D eigenvalue weighted by molar-refractivity contribution is 7.99. The van der Waals surface area contributed by atoms with Crippen molar-refractivity contribution in [2.24, 2.45) is 0 Å². The fourth-order valence-electron chi connectivity index (χ4n) is 4.57. The lowest BCUT2D eigenvalue weighted by Crippen LogP contribution is -2.31. The van der Waals surface area contributed by atoms with Gasteiger partial charge in [-0.3, -0.25) is 0 Å². The minimum atomic E-state index is 0.267. The van der Waals surface area contributed by atoms with Crippen LogP contribution in [0.2, 0.25) is 0 Å². The molecule has 1 aromatic heterocycles. The summed E-state index contributed by atoms with van der Waals surface area (Å²) < 4.78 is 17.1. The van der Waals surface area contributed by atoms with Crippen LogP contribution >= 0.6 is 11.8 Å². The van der Waals surface area contributed by atoms with Gasteiger partial charge in [0, 0.05) is 28.5 Å². The van der Waals surface area contributed by atoms with Crippen LogP contribution in [0, 0.1) is 0 Å². The number of methoxy groups -OCH3 is 2. The van der Waals surface area contributed by atoms with Gasteiger partial charge >= 0.3 is 0 Å². The molecular formula is C28H29NO3S. The van der Waals surface area contributed by atoms with Crippen LogP contribution in [0.1, 0.15) is 28.5 Å². The summed E-state index contributed by atoms with van der Waals surface area (Å²) in [7, 11) is 3.35. The van der Waals surface area contributed by atoms with Crippen molar-refractivity contribution in [1.82, 2.24) is 5.32 Å². The topological polar surface area (TPSA) is 43.6 Å². The zero-order valence-corrected chi connectivity index (χ0v) is 19.9. The van der Waals surface area contributed by atoms with Crippen molar-refractivity contribution >= 4 is 22.7 Å². The number of fused-ring (bicyclic) bond motifs is 2. The van der Waals surface area contributed by atoms with Crippen molar-refractivity contribution in [1.29, 1.82) is 0 Å². The molecule has 0 aliphatic carbocycles. The van der Waals surface area contributed by atoms with Gasteiger partial charge < -0.3 is 19.2 Å². The average Bonchev–Trinajstić information content (AvgIpc) is 3.25. The first-order chi connectivity index (χ1) is 16.2. The van der Waals surface area contributed by atoms with Gasteiger partial charge in [0.25, 0.3) is 0 Å². The SMILES string of the molecule is COc1ccc(C[C@H]2NCCc3cc4oc(CCSc5ccccc5)cc4cc32)cc1OC. The molecule has 1 aliphatic rings. The van der Waals surface area contributed by atoms with E-state index in [9.17, 15) is 0 Å². The Hall–Kier alpha value is -2.89. The minimum Gasteiger partial charge on any atom is -0.493 e. The van der Waals surface area contributed by atoms with E-state index < -0.39 is 0 Å². The summed E-state index contributed by atoms with van der Waals surface area (Å²) in [5, 5.41) is 4.90. The first-order valence-electron chi connectivity index (χ1n) is 11.4. The molecule has 170 valence electrons. The number of furan rings is 1. The fraction of sp³-hybridized carbons (Fsp3) is 0.286. The van der Waals surface area contributed by atoms with E-state index in [1.165, 1.54) is 27.0 Å². The highest BCUT2D eigenvalue weighted by Crippen LogP contribution is 2.34. The van der Waals surface area contributed by atoms with Crippen LogP contribution in [0.5, 0.6) is 11.5 Å². The maximum atomic E-state index is 6.22. The van der Waals surface area contributed by atoms with Gasteiger partial charge in [0.2, 0.25) is 0 Å². The molecular weight excluding hydrogens is 430 g/mol. The number of rotatable bonds is 8. The summed E-state index contributed by atoms with van der Waals surface area (Å²) in [4.78, 5) is 1.30.